The molecule has 0 spiro atoms. The van der Waals surface area contributed by atoms with E-state index in [1.54, 1.807) is 18.2 Å². The van der Waals surface area contributed by atoms with Crippen molar-refractivity contribution in [3.63, 3.8) is 0 Å². The van der Waals surface area contributed by atoms with Gasteiger partial charge in [0.1, 0.15) is 11.9 Å². The van der Waals surface area contributed by atoms with Crippen molar-refractivity contribution in [2.75, 3.05) is 6.54 Å². The van der Waals surface area contributed by atoms with Crippen LogP contribution in [-0.2, 0) is 0 Å². The lowest BCUT2D eigenvalue weighted by Gasteiger charge is -1.98. The molecule has 0 saturated carbocycles. The average molecular weight is 190 g/mol. The molecule has 1 aromatic carbocycles. The standard InChI is InChI=1S/C11H11FN2/c12-11-6-3-5-9(10(11)8-14)4-1-2-7-13/h1,3-6H,2,7,13H2. The Morgan fingerprint density at radius 1 is 1.50 bits per heavy atom. The third-order valence-electron chi connectivity index (χ3n) is 1.79. The van der Waals surface area contributed by atoms with Crippen LogP contribution < -0.4 is 5.73 Å². The van der Waals surface area contributed by atoms with Crippen molar-refractivity contribution in [3.05, 3.63) is 41.2 Å². The summed E-state index contributed by atoms with van der Waals surface area (Å²) in [7, 11) is 0. The van der Waals surface area contributed by atoms with Crippen LogP contribution in [-0.4, -0.2) is 6.54 Å². The van der Waals surface area contributed by atoms with E-state index in [1.165, 1.54) is 6.07 Å². The number of nitrogens with zero attached hydrogens (tertiary/aromatic N) is 1. The fraction of sp³-hybridized carbons (Fsp3) is 0.182. The molecule has 1 rings (SSSR count). The molecule has 0 heterocycles. The Balaban J connectivity index is 2.98. The highest BCUT2D eigenvalue weighted by atomic mass is 19.1. The first-order valence-electron chi connectivity index (χ1n) is 4.35. The maximum Gasteiger partial charge on any atom is 0.141 e. The third kappa shape index (κ3) is 2.41. The minimum Gasteiger partial charge on any atom is -0.330 e. The Bertz CT molecular complexity index is 377. The largest absolute Gasteiger partial charge is 0.330 e. The predicted molar refractivity (Wildman–Crippen MR) is 53.8 cm³/mol. The molecule has 72 valence electrons. The third-order valence-corrected chi connectivity index (χ3v) is 1.79. The van der Waals surface area contributed by atoms with E-state index in [0.717, 1.165) is 6.42 Å². The van der Waals surface area contributed by atoms with Crippen LogP contribution in [0.5, 0.6) is 0 Å². The molecule has 0 aliphatic carbocycles. The quantitative estimate of drug-likeness (QED) is 0.793. The Kier molecular flexibility index (Phi) is 3.84. The van der Waals surface area contributed by atoms with Crippen molar-refractivity contribution in [2.24, 2.45) is 5.73 Å². The summed E-state index contributed by atoms with van der Waals surface area (Å²) in [4.78, 5) is 0. The number of halogens is 1. The summed E-state index contributed by atoms with van der Waals surface area (Å²) in [6.45, 7) is 0.549. The van der Waals surface area contributed by atoms with Crippen molar-refractivity contribution in [3.8, 4) is 6.07 Å². The van der Waals surface area contributed by atoms with Crippen LogP contribution in [0.4, 0.5) is 4.39 Å². The van der Waals surface area contributed by atoms with Gasteiger partial charge in [0.2, 0.25) is 0 Å². The van der Waals surface area contributed by atoms with Gasteiger partial charge in [0.05, 0.1) is 5.56 Å². The molecule has 2 N–H and O–H groups in total. The number of nitriles is 1. The molecule has 14 heavy (non-hydrogen) atoms. The Labute approximate surface area is 82.5 Å². The minimum absolute atomic E-state index is 0.0840. The zero-order valence-corrected chi connectivity index (χ0v) is 7.70. The molecular formula is C11H11FN2. The smallest absolute Gasteiger partial charge is 0.141 e. The van der Waals surface area contributed by atoms with Crippen LogP contribution >= 0.6 is 0 Å². The van der Waals surface area contributed by atoms with Gasteiger partial charge in [-0.1, -0.05) is 24.3 Å². The fourth-order valence-electron chi connectivity index (χ4n) is 1.10. The van der Waals surface area contributed by atoms with Crippen molar-refractivity contribution in [2.45, 2.75) is 6.42 Å². The van der Waals surface area contributed by atoms with Crippen molar-refractivity contribution in [1.82, 2.24) is 0 Å². The molecule has 0 unspecified atom stereocenters. The lowest BCUT2D eigenvalue weighted by molar-refractivity contribution is 0.623. The topological polar surface area (TPSA) is 49.8 Å². The van der Waals surface area contributed by atoms with Crippen LogP contribution in [0.15, 0.2) is 24.3 Å². The van der Waals surface area contributed by atoms with Gasteiger partial charge in [-0.05, 0) is 24.6 Å². The summed E-state index contributed by atoms with van der Waals surface area (Å²) in [5.74, 6) is -0.484. The molecule has 0 amide bonds. The second-order valence-electron chi connectivity index (χ2n) is 2.80. The van der Waals surface area contributed by atoms with Crippen LogP contribution in [0, 0.1) is 17.1 Å². The second kappa shape index (κ2) is 5.15. The molecular weight excluding hydrogens is 179 g/mol. The molecule has 0 saturated heterocycles. The zero-order chi connectivity index (χ0) is 10.4. The number of nitrogens with two attached hydrogens (primary N) is 1. The highest BCUT2D eigenvalue weighted by Gasteiger charge is 2.03. The van der Waals surface area contributed by atoms with E-state index in [2.05, 4.69) is 0 Å². The van der Waals surface area contributed by atoms with E-state index in [4.69, 9.17) is 11.0 Å². The van der Waals surface area contributed by atoms with E-state index in [9.17, 15) is 4.39 Å². The molecule has 0 aliphatic rings. The lowest BCUT2D eigenvalue weighted by atomic mass is 10.1. The molecule has 0 aromatic heterocycles. The molecule has 1 aromatic rings. The van der Waals surface area contributed by atoms with Crippen LogP contribution in [0.1, 0.15) is 17.5 Å². The molecule has 0 radical (unpaired) electrons. The van der Waals surface area contributed by atoms with Crippen LogP contribution in [0.3, 0.4) is 0 Å². The number of benzene rings is 1. The van der Waals surface area contributed by atoms with E-state index in [1.807, 2.05) is 12.1 Å². The summed E-state index contributed by atoms with van der Waals surface area (Å²) >= 11 is 0. The van der Waals surface area contributed by atoms with Crippen molar-refractivity contribution < 1.29 is 4.39 Å². The first-order chi connectivity index (χ1) is 6.79. The molecule has 3 heteroatoms. The van der Waals surface area contributed by atoms with Gasteiger partial charge in [-0.15, -0.1) is 0 Å². The lowest BCUT2D eigenvalue weighted by Crippen LogP contribution is -1.95. The highest BCUT2D eigenvalue weighted by Crippen LogP contribution is 2.13. The van der Waals surface area contributed by atoms with Crippen LogP contribution in [0.2, 0.25) is 0 Å². The number of rotatable bonds is 3. The summed E-state index contributed by atoms with van der Waals surface area (Å²) in [5, 5.41) is 8.71. The zero-order valence-electron chi connectivity index (χ0n) is 7.70. The molecule has 0 bridgehead atoms. The van der Waals surface area contributed by atoms with Gasteiger partial charge >= 0.3 is 0 Å². The predicted octanol–water partition coefficient (Wildman–Crippen LogP) is 2.06. The number of hydrogen-bond donors (Lipinski definition) is 1. The van der Waals surface area contributed by atoms with Gasteiger partial charge < -0.3 is 5.73 Å². The van der Waals surface area contributed by atoms with Crippen molar-refractivity contribution >= 4 is 6.08 Å². The van der Waals surface area contributed by atoms with Gasteiger partial charge in [-0.2, -0.15) is 5.26 Å². The SMILES string of the molecule is N#Cc1c(F)cccc1C=CCCN. The van der Waals surface area contributed by atoms with Gasteiger partial charge in [0.15, 0.2) is 0 Å². The summed E-state index contributed by atoms with van der Waals surface area (Å²) in [6, 6.07) is 6.39. The second-order valence-corrected chi connectivity index (χ2v) is 2.80. The van der Waals surface area contributed by atoms with Crippen molar-refractivity contribution in [1.29, 1.82) is 5.26 Å². The molecule has 0 aliphatic heterocycles. The fourth-order valence-corrected chi connectivity index (χ4v) is 1.10. The maximum absolute atomic E-state index is 13.1. The summed E-state index contributed by atoms with van der Waals surface area (Å²) in [6.07, 6.45) is 4.27. The molecule has 0 atom stereocenters. The molecule has 2 nitrogen and oxygen atoms in total. The average Bonchev–Trinajstić information content (AvgIpc) is 2.18. The normalized spacial score (nSPS) is 10.4. The first-order valence-corrected chi connectivity index (χ1v) is 4.35. The van der Waals surface area contributed by atoms with E-state index < -0.39 is 5.82 Å². The number of hydrogen-bond acceptors (Lipinski definition) is 2. The van der Waals surface area contributed by atoms with E-state index >= 15 is 0 Å². The minimum atomic E-state index is -0.484. The molecule has 0 fully saturated rings. The van der Waals surface area contributed by atoms with Gasteiger partial charge in [-0.25, -0.2) is 4.39 Å². The Morgan fingerprint density at radius 3 is 2.93 bits per heavy atom. The van der Waals surface area contributed by atoms with Gasteiger partial charge in [0, 0.05) is 0 Å². The maximum atomic E-state index is 13.1. The Hall–Kier alpha value is -1.66. The summed E-state index contributed by atoms with van der Waals surface area (Å²) in [5.41, 5.74) is 5.98. The monoisotopic (exact) mass is 190 g/mol. The Morgan fingerprint density at radius 2 is 2.29 bits per heavy atom. The van der Waals surface area contributed by atoms with E-state index in [-0.39, 0.29) is 5.56 Å². The highest BCUT2D eigenvalue weighted by molar-refractivity contribution is 5.58. The van der Waals surface area contributed by atoms with E-state index in [0.29, 0.717) is 12.1 Å². The van der Waals surface area contributed by atoms with Crippen LogP contribution in [0.25, 0.3) is 6.08 Å². The summed E-state index contributed by atoms with van der Waals surface area (Å²) < 4.78 is 13.1. The van der Waals surface area contributed by atoms with Gasteiger partial charge in [0.25, 0.3) is 0 Å². The first kappa shape index (κ1) is 10.4. The van der Waals surface area contributed by atoms with Gasteiger partial charge in [-0.3, -0.25) is 0 Å².